The van der Waals surface area contributed by atoms with E-state index in [1.54, 1.807) is 0 Å². The van der Waals surface area contributed by atoms with E-state index in [2.05, 4.69) is 29.4 Å². The van der Waals surface area contributed by atoms with Gasteiger partial charge in [0.15, 0.2) is 0 Å². The summed E-state index contributed by atoms with van der Waals surface area (Å²) >= 11 is 0. The third-order valence-electron chi connectivity index (χ3n) is 3.97. The molecule has 2 atom stereocenters. The molecule has 1 aromatic rings. The van der Waals surface area contributed by atoms with Crippen molar-refractivity contribution in [2.24, 2.45) is 5.92 Å². The zero-order valence-electron chi connectivity index (χ0n) is 9.24. The van der Waals surface area contributed by atoms with E-state index in [1.165, 1.54) is 24.8 Å². The molecule has 0 saturated heterocycles. The number of hydrogen-bond acceptors (Lipinski definition) is 2. The summed E-state index contributed by atoms with van der Waals surface area (Å²) in [6.07, 6.45) is 7.96. The van der Waals surface area contributed by atoms with E-state index in [4.69, 9.17) is 0 Å². The maximum absolute atomic E-state index is 4.24. The first kappa shape index (κ1) is 9.34. The summed E-state index contributed by atoms with van der Waals surface area (Å²) in [7, 11) is 0. The second-order valence-electron chi connectivity index (χ2n) is 5.16. The van der Waals surface area contributed by atoms with E-state index in [1.807, 2.05) is 12.4 Å². The fourth-order valence-electron chi connectivity index (χ4n) is 2.51. The van der Waals surface area contributed by atoms with Crippen LogP contribution in [0.4, 0.5) is 0 Å². The molecule has 0 aromatic carbocycles. The predicted molar refractivity (Wildman–Crippen MR) is 60.7 cm³/mol. The van der Waals surface area contributed by atoms with Crippen molar-refractivity contribution in [2.45, 2.75) is 37.6 Å². The lowest BCUT2D eigenvalue weighted by Gasteiger charge is -2.17. The van der Waals surface area contributed by atoms with Gasteiger partial charge in [-0.2, -0.15) is 0 Å². The molecule has 2 fully saturated rings. The molecule has 2 saturated carbocycles. The number of hydrogen-bond donors (Lipinski definition) is 1. The van der Waals surface area contributed by atoms with Gasteiger partial charge >= 0.3 is 0 Å². The van der Waals surface area contributed by atoms with Gasteiger partial charge in [-0.3, -0.25) is 4.98 Å². The average Bonchev–Trinajstić information content (AvgIpc) is 3.14. The lowest BCUT2D eigenvalue weighted by Crippen LogP contribution is -2.29. The van der Waals surface area contributed by atoms with Gasteiger partial charge in [-0.05, 0) is 36.8 Å². The van der Waals surface area contributed by atoms with Gasteiger partial charge < -0.3 is 5.32 Å². The van der Waals surface area contributed by atoms with Gasteiger partial charge in [0.05, 0.1) is 0 Å². The zero-order valence-corrected chi connectivity index (χ0v) is 9.24. The van der Waals surface area contributed by atoms with Crippen LogP contribution >= 0.6 is 0 Å². The van der Waals surface area contributed by atoms with Crippen LogP contribution in [0.3, 0.4) is 0 Å². The van der Waals surface area contributed by atoms with E-state index >= 15 is 0 Å². The smallest absolute Gasteiger partial charge is 0.0306 e. The molecule has 2 nitrogen and oxygen atoms in total. The highest BCUT2D eigenvalue weighted by atomic mass is 15.0. The molecule has 3 rings (SSSR count). The Morgan fingerprint density at radius 1 is 1.53 bits per heavy atom. The van der Waals surface area contributed by atoms with Gasteiger partial charge in [0.25, 0.3) is 0 Å². The Kier molecular flexibility index (Phi) is 2.06. The van der Waals surface area contributed by atoms with E-state index in [0.29, 0.717) is 5.41 Å². The fourth-order valence-corrected chi connectivity index (χ4v) is 2.51. The number of rotatable bonds is 4. The van der Waals surface area contributed by atoms with Crippen LogP contribution in [-0.4, -0.2) is 17.6 Å². The van der Waals surface area contributed by atoms with Crippen molar-refractivity contribution in [2.75, 3.05) is 6.54 Å². The number of nitrogens with one attached hydrogen (secondary N) is 1. The molecule has 0 radical (unpaired) electrons. The monoisotopic (exact) mass is 202 g/mol. The largest absolute Gasteiger partial charge is 0.313 e. The minimum Gasteiger partial charge on any atom is -0.313 e. The van der Waals surface area contributed by atoms with Crippen LogP contribution in [0.2, 0.25) is 0 Å². The predicted octanol–water partition coefficient (Wildman–Crippen LogP) is 2.11. The highest BCUT2D eigenvalue weighted by Gasteiger charge is 2.52. The second kappa shape index (κ2) is 3.31. The molecule has 2 heteroatoms. The molecule has 0 amide bonds. The van der Waals surface area contributed by atoms with Gasteiger partial charge in [0, 0.05) is 30.4 Å². The Balaban J connectivity index is 1.74. The summed E-state index contributed by atoms with van der Waals surface area (Å²) in [6, 6.07) is 5.09. The topological polar surface area (TPSA) is 24.9 Å². The van der Waals surface area contributed by atoms with Crippen molar-refractivity contribution >= 4 is 0 Å². The highest BCUT2D eigenvalue weighted by molar-refractivity contribution is 5.31. The standard InChI is InChI=1S/C13H18N2/c1-10-7-13(10,9-15-12-4-5-12)11-3-2-6-14-8-11/h2-3,6,8,10,12,15H,4-5,7,9H2,1H3. The molecule has 2 aliphatic rings. The minimum atomic E-state index is 0.400. The van der Waals surface area contributed by atoms with Crippen molar-refractivity contribution in [3.05, 3.63) is 30.1 Å². The molecule has 2 unspecified atom stereocenters. The highest BCUT2D eigenvalue weighted by Crippen LogP contribution is 2.53. The van der Waals surface area contributed by atoms with Crippen molar-refractivity contribution in [3.8, 4) is 0 Å². The summed E-state index contributed by atoms with van der Waals surface area (Å²) in [5.41, 5.74) is 1.82. The average molecular weight is 202 g/mol. The van der Waals surface area contributed by atoms with E-state index in [9.17, 15) is 0 Å². The first-order chi connectivity index (χ1) is 7.31. The summed E-state index contributed by atoms with van der Waals surface area (Å²) < 4.78 is 0. The van der Waals surface area contributed by atoms with Gasteiger partial charge in [-0.25, -0.2) is 0 Å². The Bertz CT molecular complexity index is 345. The number of pyridine rings is 1. The molecule has 15 heavy (non-hydrogen) atoms. The lowest BCUT2D eigenvalue weighted by atomic mass is 9.95. The van der Waals surface area contributed by atoms with Crippen LogP contribution < -0.4 is 5.32 Å². The van der Waals surface area contributed by atoms with Gasteiger partial charge in [0.2, 0.25) is 0 Å². The summed E-state index contributed by atoms with van der Waals surface area (Å²) in [5, 5.41) is 3.66. The van der Waals surface area contributed by atoms with Crippen molar-refractivity contribution in [1.82, 2.24) is 10.3 Å². The lowest BCUT2D eigenvalue weighted by molar-refractivity contribution is 0.539. The van der Waals surface area contributed by atoms with Gasteiger partial charge in [-0.1, -0.05) is 13.0 Å². The normalized spacial score (nSPS) is 34.1. The van der Waals surface area contributed by atoms with E-state index < -0.39 is 0 Å². The molecule has 1 aromatic heterocycles. The van der Waals surface area contributed by atoms with Crippen molar-refractivity contribution in [1.29, 1.82) is 0 Å². The van der Waals surface area contributed by atoms with Crippen molar-refractivity contribution in [3.63, 3.8) is 0 Å². The second-order valence-corrected chi connectivity index (χ2v) is 5.16. The molecular weight excluding hydrogens is 184 g/mol. The van der Waals surface area contributed by atoms with Crippen LogP contribution in [0.5, 0.6) is 0 Å². The molecule has 0 aliphatic heterocycles. The summed E-state index contributed by atoms with van der Waals surface area (Å²) in [4.78, 5) is 4.24. The van der Waals surface area contributed by atoms with E-state index in [-0.39, 0.29) is 0 Å². The Morgan fingerprint density at radius 2 is 2.33 bits per heavy atom. The van der Waals surface area contributed by atoms with E-state index in [0.717, 1.165) is 18.5 Å². The first-order valence-corrected chi connectivity index (χ1v) is 5.95. The Hall–Kier alpha value is -0.890. The van der Waals surface area contributed by atoms with Crippen LogP contribution in [0.25, 0.3) is 0 Å². The number of nitrogens with zero attached hydrogens (tertiary/aromatic N) is 1. The zero-order chi connectivity index (χ0) is 10.3. The maximum Gasteiger partial charge on any atom is 0.0306 e. The molecule has 0 spiro atoms. The Morgan fingerprint density at radius 3 is 2.87 bits per heavy atom. The fraction of sp³-hybridized carbons (Fsp3) is 0.615. The first-order valence-electron chi connectivity index (χ1n) is 5.95. The molecule has 80 valence electrons. The number of aromatic nitrogens is 1. The van der Waals surface area contributed by atoms with Gasteiger partial charge in [0.1, 0.15) is 0 Å². The quantitative estimate of drug-likeness (QED) is 0.809. The summed E-state index contributed by atoms with van der Waals surface area (Å²) in [6.45, 7) is 3.49. The van der Waals surface area contributed by atoms with Crippen LogP contribution in [0.15, 0.2) is 24.5 Å². The third kappa shape index (κ3) is 1.67. The molecule has 2 aliphatic carbocycles. The van der Waals surface area contributed by atoms with Gasteiger partial charge in [-0.15, -0.1) is 0 Å². The molecule has 1 heterocycles. The maximum atomic E-state index is 4.24. The third-order valence-corrected chi connectivity index (χ3v) is 3.97. The summed E-state index contributed by atoms with van der Waals surface area (Å²) in [5.74, 6) is 0.813. The molecule has 0 bridgehead atoms. The molecular formula is C13H18N2. The molecule has 1 N–H and O–H groups in total. The van der Waals surface area contributed by atoms with Crippen LogP contribution in [0, 0.1) is 5.92 Å². The van der Waals surface area contributed by atoms with Crippen molar-refractivity contribution < 1.29 is 0 Å². The minimum absolute atomic E-state index is 0.400. The van der Waals surface area contributed by atoms with Crippen LogP contribution in [0.1, 0.15) is 31.7 Å². The van der Waals surface area contributed by atoms with Crippen LogP contribution in [-0.2, 0) is 5.41 Å². The SMILES string of the molecule is CC1CC1(CNC1CC1)c1cccnc1. The Labute approximate surface area is 91.1 Å².